The number of alkyl carbamates (subject to hydrolysis) is 1. The molecule has 0 aliphatic rings. The van der Waals surface area contributed by atoms with Crippen LogP contribution in [0, 0.1) is 11.8 Å². The smallest absolute Gasteiger partial charge is 0.405 e. The van der Waals surface area contributed by atoms with Gasteiger partial charge in [-0.3, -0.25) is 5.92 Å². The maximum Gasteiger partial charge on any atom is 0.405 e. The minimum Gasteiger partial charge on any atom is -0.444 e. The molecule has 0 aromatic heterocycles. The van der Waals surface area contributed by atoms with Crippen LogP contribution in [0.1, 0.15) is 61.8 Å². The third-order valence-corrected chi connectivity index (χ3v) is 2.93. The molecule has 0 aliphatic heterocycles. The second kappa shape index (κ2) is 7.45. The monoisotopic (exact) mass is 293 g/mol. The fraction of sp³-hybridized carbons (Fsp3) is 0.857. The second-order valence-corrected chi connectivity index (χ2v) is 6.50. The molecular weight excluding hydrogens is 265 g/mol. The van der Waals surface area contributed by atoms with Gasteiger partial charge in [0.2, 0.25) is 0 Å². The van der Waals surface area contributed by atoms with Crippen LogP contribution in [-0.2, 0) is 23.3 Å². The van der Waals surface area contributed by atoms with Crippen LogP contribution < -0.4 is 5.32 Å². The summed E-state index contributed by atoms with van der Waals surface area (Å²) in [5.41, 5.74) is -0.749. The number of hydrogen-bond acceptors (Lipinski definition) is 2. The van der Waals surface area contributed by atoms with Crippen molar-refractivity contribution in [2.24, 2.45) is 5.92 Å². The first kappa shape index (κ1) is 20.2. The summed E-state index contributed by atoms with van der Waals surface area (Å²) >= 11 is 0. The molecule has 0 aromatic rings. The molecule has 4 heteroatoms. The van der Waals surface area contributed by atoms with Crippen molar-refractivity contribution in [2.45, 2.75) is 73.0 Å². The van der Waals surface area contributed by atoms with E-state index in [0.29, 0.717) is 5.92 Å². The van der Waals surface area contributed by atoms with E-state index in [1.807, 2.05) is 41.5 Å². The van der Waals surface area contributed by atoms with E-state index in [1.165, 1.54) is 0 Å². The first-order chi connectivity index (χ1) is 7.46. The van der Waals surface area contributed by atoms with Crippen molar-refractivity contribution in [3.8, 4) is 0 Å². The number of hydrogen-bond donors (Lipinski definition) is 1. The number of nitrogens with one attached hydrogen (secondary N) is 1. The van der Waals surface area contributed by atoms with E-state index in [2.05, 4.69) is 19.2 Å². The molecule has 0 aromatic carbocycles. The van der Waals surface area contributed by atoms with E-state index in [4.69, 9.17) is 4.74 Å². The van der Waals surface area contributed by atoms with Crippen molar-refractivity contribution in [3.63, 3.8) is 0 Å². The van der Waals surface area contributed by atoms with Crippen molar-refractivity contribution >= 4 is 6.09 Å². The van der Waals surface area contributed by atoms with E-state index in [1.54, 1.807) is 0 Å². The summed E-state index contributed by atoms with van der Waals surface area (Å²) in [6.45, 7) is 16.1. The molecule has 0 aliphatic carbocycles. The Morgan fingerprint density at radius 3 is 2.00 bits per heavy atom. The molecule has 0 atom stereocenters. The van der Waals surface area contributed by atoms with Crippen molar-refractivity contribution in [1.29, 1.82) is 0 Å². The van der Waals surface area contributed by atoms with Crippen LogP contribution in [-0.4, -0.2) is 17.2 Å². The molecule has 0 saturated carbocycles. The largest absolute Gasteiger partial charge is 0.444 e. The Morgan fingerprint density at radius 1 is 1.22 bits per heavy atom. The summed E-state index contributed by atoms with van der Waals surface area (Å²) < 4.78 is 5.47. The van der Waals surface area contributed by atoms with Crippen molar-refractivity contribution < 1.29 is 28.1 Å². The quantitative estimate of drug-likeness (QED) is 0.780. The van der Waals surface area contributed by atoms with Gasteiger partial charge in [-0.1, -0.05) is 33.2 Å². The Bertz CT molecular complexity index is 261. The molecule has 0 rings (SSSR count). The van der Waals surface area contributed by atoms with E-state index >= 15 is 0 Å². The number of carbonyl (C=O) groups excluding carboxylic acids is 1. The van der Waals surface area contributed by atoms with Gasteiger partial charge in [0.1, 0.15) is 5.60 Å². The van der Waals surface area contributed by atoms with Crippen LogP contribution in [0.4, 0.5) is 4.79 Å². The van der Waals surface area contributed by atoms with Crippen molar-refractivity contribution in [1.82, 2.24) is 5.32 Å². The Hall–Kier alpha value is -0.146. The molecule has 0 saturated heterocycles. The third kappa shape index (κ3) is 8.04. The first-order valence-electron chi connectivity index (χ1n) is 6.28. The molecule has 0 heterocycles. The standard InChI is InChI=1S/C14H28NO2.V/c1-10(2)9-13(5,6)17-12(16)15-14(7,8)11(3)4;/h10H,9H2,1-8H3,(H,15,16);/q-1;. The Balaban J connectivity index is 0. The van der Waals surface area contributed by atoms with Gasteiger partial charge in [-0.2, -0.15) is 13.8 Å². The fourth-order valence-corrected chi connectivity index (χ4v) is 1.68. The topological polar surface area (TPSA) is 38.3 Å². The minimum atomic E-state index is -0.421. The third-order valence-electron chi connectivity index (χ3n) is 2.93. The van der Waals surface area contributed by atoms with E-state index in [9.17, 15) is 4.79 Å². The zero-order chi connectivity index (χ0) is 13.9. The fourth-order valence-electron chi connectivity index (χ4n) is 1.68. The van der Waals surface area contributed by atoms with Crippen LogP contribution in [0.3, 0.4) is 0 Å². The molecule has 0 unspecified atom stereocenters. The zero-order valence-corrected chi connectivity index (χ0v) is 14.4. The minimum absolute atomic E-state index is 0. The summed E-state index contributed by atoms with van der Waals surface area (Å²) in [4.78, 5) is 11.8. The van der Waals surface area contributed by atoms with Crippen molar-refractivity contribution in [3.05, 3.63) is 5.92 Å². The Morgan fingerprint density at radius 2 is 1.67 bits per heavy atom. The number of amides is 1. The van der Waals surface area contributed by atoms with E-state index in [-0.39, 0.29) is 30.2 Å². The zero-order valence-electron chi connectivity index (χ0n) is 13.0. The molecular formula is C14H28NO2V-. The van der Waals surface area contributed by atoms with Gasteiger partial charge in [0.15, 0.2) is 0 Å². The molecule has 1 N–H and O–H groups in total. The first-order valence-corrected chi connectivity index (χ1v) is 6.28. The van der Waals surface area contributed by atoms with Crippen LogP contribution >= 0.6 is 0 Å². The normalized spacial score (nSPS) is 12.3. The van der Waals surface area contributed by atoms with Gasteiger partial charge in [-0.05, 0) is 26.2 Å². The summed E-state index contributed by atoms with van der Waals surface area (Å²) in [5.74, 6) is 1.65. The second-order valence-electron chi connectivity index (χ2n) is 6.50. The summed E-state index contributed by atoms with van der Waals surface area (Å²) in [6, 6.07) is 0. The van der Waals surface area contributed by atoms with Gasteiger partial charge in [-0.25, -0.2) is 4.79 Å². The molecule has 3 nitrogen and oxygen atoms in total. The van der Waals surface area contributed by atoms with Gasteiger partial charge in [0.05, 0.1) is 0 Å². The van der Waals surface area contributed by atoms with Gasteiger partial charge in [0, 0.05) is 18.6 Å². The number of rotatable bonds is 5. The van der Waals surface area contributed by atoms with E-state index < -0.39 is 5.60 Å². The molecule has 0 spiro atoms. The average molecular weight is 293 g/mol. The SMILES string of the molecule is C[C-](C)C(C)(C)NC(=O)OC(C)(C)CC(C)C.[V]. The molecule has 107 valence electrons. The molecule has 0 bridgehead atoms. The van der Waals surface area contributed by atoms with Crippen molar-refractivity contribution in [2.75, 3.05) is 0 Å². The maximum absolute atomic E-state index is 11.8. The summed E-state index contributed by atoms with van der Waals surface area (Å²) in [5, 5.41) is 2.89. The van der Waals surface area contributed by atoms with E-state index in [0.717, 1.165) is 12.3 Å². The molecule has 0 fully saturated rings. The summed E-state index contributed by atoms with van der Waals surface area (Å²) in [7, 11) is 0. The van der Waals surface area contributed by atoms with Crippen LogP contribution in [0.2, 0.25) is 0 Å². The maximum atomic E-state index is 11.8. The van der Waals surface area contributed by atoms with Crippen LogP contribution in [0.15, 0.2) is 0 Å². The van der Waals surface area contributed by atoms with Gasteiger partial charge in [-0.15, -0.1) is 0 Å². The molecule has 1 radical (unpaired) electrons. The average Bonchev–Trinajstić information content (AvgIpc) is 1.96. The number of ether oxygens (including phenoxy) is 1. The van der Waals surface area contributed by atoms with Gasteiger partial charge < -0.3 is 10.1 Å². The molecule has 18 heavy (non-hydrogen) atoms. The Labute approximate surface area is 124 Å². The summed E-state index contributed by atoms with van der Waals surface area (Å²) in [6.07, 6.45) is 0.511. The van der Waals surface area contributed by atoms with Gasteiger partial charge >= 0.3 is 6.09 Å². The predicted molar refractivity (Wildman–Crippen MR) is 71.8 cm³/mol. The van der Waals surface area contributed by atoms with Crippen LogP contribution in [0.5, 0.6) is 0 Å². The molecule has 1 amide bonds. The Kier molecular flexibility index (Phi) is 8.35. The predicted octanol–water partition coefficient (Wildman–Crippen LogP) is 3.93. The van der Waals surface area contributed by atoms with Crippen LogP contribution in [0.25, 0.3) is 0 Å². The van der Waals surface area contributed by atoms with Gasteiger partial charge in [0.25, 0.3) is 0 Å². The number of carbonyl (C=O) groups is 1.